The van der Waals surface area contributed by atoms with E-state index < -0.39 is 6.30 Å². The third kappa shape index (κ3) is 6.31. The number of imidazole rings is 1. The second-order valence-electron chi connectivity index (χ2n) is 10.3. The van der Waals surface area contributed by atoms with Gasteiger partial charge in [0.2, 0.25) is 0 Å². The van der Waals surface area contributed by atoms with Crippen LogP contribution in [0.25, 0.3) is 16.6 Å². The zero-order chi connectivity index (χ0) is 28.8. The number of para-hydroxylation sites is 2. The van der Waals surface area contributed by atoms with E-state index in [0.717, 1.165) is 58.4 Å². The van der Waals surface area contributed by atoms with Gasteiger partial charge in [-0.15, -0.1) is 0 Å². The Kier molecular flexibility index (Phi) is 9.80. The minimum absolute atomic E-state index is 0.0288. The summed E-state index contributed by atoms with van der Waals surface area (Å²) in [5.41, 5.74) is 6.53. The predicted molar refractivity (Wildman–Crippen MR) is 165 cm³/mol. The van der Waals surface area contributed by atoms with Gasteiger partial charge >= 0.3 is 0 Å². The van der Waals surface area contributed by atoms with E-state index in [2.05, 4.69) is 25.2 Å². The first kappa shape index (κ1) is 29.5. The Morgan fingerprint density at radius 2 is 1.88 bits per heavy atom. The maximum absolute atomic E-state index is 14.6. The number of carbonyl (C=O) groups excluding carboxylic acids is 1. The summed E-state index contributed by atoms with van der Waals surface area (Å²) < 4.78 is 16.3. The van der Waals surface area contributed by atoms with Crippen molar-refractivity contribution < 1.29 is 9.18 Å². The Morgan fingerprint density at radius 3 is 2.50 bits per heavy atom. The minimum Gasteiger partial charge on any atom is -0.339 e. The van der Waals surface area contributed by atoms with E-state index in [1.54, 1.807) is 11.5 Å². The van der Waals surface area contributed by atoms with Crippen molar-refractivity contribution in [3.8, 4) is 0 Å². The van der Waals surface area contributed by atoms with Crippen LogP contribution in [0.4, 0.5) is 4.39 Å². The highest BCUT2D eigenvalue weighted by Crippen LogP contribution is 2.34. The largest absolute Gasteiger partial charge is 0.339 e. The van der Waals surface area contributed by atoms with E-state index in [9.17, 15) is 9.18 Å². The van der Waals surface area contributed by atoms with Crippen molar-refractivity contribution in [2.24, 2.45) is 0 Å². The summed E-state index contributed by atoms with van der Waals surface area (Å²) in [5, 5.41) is 0.680. The van der Waals surface area contributed by atoms with E-state index in [-0.39, 0.29) is 11.8 Å². The van der Waals surface area contributed by atoms with Gasteiger partial charge in [0, 0.05) is 29.6 Å². The molecule has 2 heterocycles. The molecule has 210 valence electrons. The quantitative estimate of drug-likeness (QED) is 0.258. The summed E-state index contributed by atoms with van der Waals surface area (Å²) in [6.07, 6.45) is 11.4. The summed E-state index contributed by atoms with van der Waals surface area (Å²) in [5.74, 6) is 0.920. The normalized spacial score (nSPS) is 16.8. The van der Waals surface area contributed by atoms with Gasteiger partial charge in [-0.3, -0.25) is 9.36 Å². The predicted octanol–water partition coefficient (Wildman–Crippen LogP) is 9.29. The average Bonchev–Trinajstić information content (AvgIpc) is 3.36. The molecule has 6 heteroatoms. The number of hydrogen-bond donors (Lipinski definition) is 0. The number of fused-ring (bicyclic) bond motifs is 1. The molecule has 0 aliphatic carbocycles. The summed E-state index contributed by atoms with van der Waals surface area (Å²) in [7, 11) is 0. The number of halogens is 2. The summed E-state index contributed by atoms with van der Waals surface area (Å²) in [4.78, 5) is 20.2. The van der Waals surface area contributed by atoms with Crippen molar-refractivity contribution in [3.63, 3.8) is 0 Å². The van der Waals surface area contributed by atoms with Gasteiger partial charge in [0.05, 0.1) is 11.0 Å². The van der Waals surface area contributed by atoms with Crippen LogP contribution in [0.2, 0.25) is 0 Å². The molecule has 0 bridgehead atoms. The van der Waals surface area contributed by atoms with Gasteiger partial charge in [-0.05, 0) is 99.6 Å². The first-order valence-electron chi connectivity index (χ1n) is 14.2. The van der Waals surface area contributed by atoms with Gasteiger partial charge in [-0.25, -0.2) is 9.37 Å². The van der Waals surface area contributed by atoms with Crippen LogP contribution in [0.1, 0.15) is 86.5 Å². The molecule has 3 aromatic rings. The lowest BCUT2D eigenvalue weighted by molar-refractivity contribution is 0.0708. The summed E-state index contributed by atoms with van der Waals surface area (Å²) in [6, 6.07) is 13.6. The number of hydrogen-bond acceptors (Lipinski definition) is 2. The molecule has 1 aliphatic rings. The van der Waals surface area contributed by atoms with Crippen LogP contribution < -0.4 is 0 Å². The molecule has 0 spiro atoms. The maximum atomic E-state index is 14.6. The van der Waals surface area contributed by atoms with Gasteiger partial charge in [0.1, 0.15) is 5.82 Å². The molecule has 0 saturated carbocycles. The Labute approximate surface area is 242 Å². The van der Waals surface area contributed by atoms with Crippen molar-refractivity contribution >= 4 is 34.1 Å². The fraction of sp³-hybridized carbons (Fsp3) is 0.353. The van der Waals surface area contributed by atoms with Crippen LogP contribution in [0, 0.1) is 6.92 Å². The van der Waals surface area contributed by atoms with Crippen LogP contribution in [-0.4, -0.2) is 33.4 Å². The van der Waals surface area contributed by atoms with E-state index in [1.807, 2.05) is 80.3 Å². The monoisotopic (exact) mass is 559 g/mol. The minimum atomic E-state index is -1.16. The fourth-order valence-corrected chi connectivity index (χ4v) is 5.63. The standard InChI is InChI=1S/C34H39ClFN3O/c1-6-9-12-26(22-28(35)7-2)29(8-3)30-16-15-27(21-23(30)4)34(40)38-19-17-25(18-20-38)33-37-31-13-10-11-14-32(31)39(33)24(5)36/h7-16,21-22,24-25H,6,17-20H2,1-5H3/b12-9+,26-22+,28-7+,29-8-. The molecule has 4 nitrogen and oxygen atoms in total. The molecular formula is C34H39ClFN3O. The molecule has 40 heavy (non-hydrogen) atoms. The van der Waals surface area contributed by atoms with Gasteiger partial charge < -0.3 is 4.90 Å². The number of alkyl halides is 1. The molecule has 1 amide bonds. The van der Waals surface area contributed by atoms with E-state index in [4.69, 9.17) is 16.6 Å². The zero-order valence-corrected chi connectivity index (χ0v) is 24.9. The second-order valence-corrected chi connectivity index (χ2v) is 10.7. The van der Waals surface area contributed by atoms with E-state index in [1.165, 1.54) is 0 Å². The molecule has 0 N–H and O–H groups in total. The van der Waals surface area contributed by atoms with Crippen molar-refractivity contribution in [1.82, 2.24) is 14.5 Å². The van der Waals surface area contributed by atoms with Crippen molar-refractivity contribution in [2.45, 2.75) is 66.1 Å². The molecule has 0 radical (unpaired) electrons. The zero-order valence-electron chi connectivity index (χ0n) is 24.1. The highest BCUT2D eigenvalue weighted by Gasteiger charge is 2.29. The number of amides is 1. The Balaban J connectivity index is 1.52. The SMILES string of the molecule is C/C=C(C(/C=C/CC)=C/C(Cl)=C\C)\c1ccc(C(=O)N2CCC(c3nc4ccccc4n3C(C)F)CC2)cc1C. The average molecular weight is 560 g/mol. The Hall–Kier alpha value is -3.44. The van der Waals surface area contributed by atoms with Crippen molar-refractivity contribution in [3.05, 3.63) is 106 Å². The molecule has 1 aromatic heterocycles. The maximum Gasteiger partial charge on any atom is 0.253 e. The highest BCUT2D eigenvalue weighted by molar-refractivity contribution is 6.31. The van der Waals surface area contributed by atoms with Crippen molar-refractivity contribution in [1.29, 1.82) is 0 Å². The number of carbonyl (C=O) groups is 1. The molecular weight excluding hydrogens is 521 g/mol. The van der Waals surface area contributed by atoms with Crippen LogP contribution in [0.15, 0.2) is 83.5 Å². The smallest absolute Gasteiger partial charge is 0.253 e. The molecule has 1 saturated heterocycles. The first-order chi connectivity index (χ1) is 19.3. The van der Waals surface area contributed by atoms with E-state index in [0.29, 0.717) is 23.7 Å². The van der Waals surface area contributed by atoms with Gasteiger partial charge in [-0.1, -0.05) is 61.0 Å². The third-order valence-electron chi connectivity index (χ3n) is 7.59. The number of benzene rings is 2. The number of likely N-dealkylation sites (tertiary alicyclic amines) is 1. The summed E-state index contributed by atoms with van der Waals surface area (Å²) >= 11 is 6.36. The van der Waals surface area contributed by atoms with Crippen LogP contribution in [0.5, 0.6) is 0 Å². The number of rotatable bonds is 8. The first-order valence-corrected chi connectivity index (χ1v) is 14.5. The Bertz CT molecular complexity index is 1490. The molecule has 1 aliphatic heterocycles. The number of aryl methyl sites for hydroxylation is 1. The third-order valence-corrected chi connectivity index (χ3v) is 7.92. The van der Waals surface area contributed by atoms with Gasteiger partial charge in [0.25, 0.3) is 5.91 Å². The van der Waals surface area contributed by atoms with Crippen molar-refractivity contribution in [2.75, 3.05) is 13.1 Å². The number of nitrogens with zero attached hydrogens (tertiary/aromatic N) is 3. The topological polar surface area (TPSA) is 38.1 Å². The molecule has 1 atom stereocenters. The molecule has 2 aromatic carbocycles. The van der Waals surface area contributed by atoms with Gasteiger partial charge in [-0.2, -0.15) is 0 Å². The summed E-state index contributed by atoms with van der Waals surface area (Å²) in [6.45, 7) is 10.9. The van der Waals surface area contributed by atoms with Crippen LogP contribution in [0.3, 0.4) is 0 Å². The van der Waals surface area contributed by atoms with Gasteiger partial charge in [0.15, 0.2) is 6.30 Å². The highest BCUT2D eigenvalue weighted by atomic mass is 35.5. The molecule has 4 rings (SSSR count). The fourth-order valence-electron chi connectivity index (χ4n) is 5.52. The van der Waals surface area contributed by atoms with E-state index >= 15 is 0 Å². The van der Waals surface area contributed by atoms with Crippen LogP contribution in [-0.2, 0) is 0 Å². The Morgan fingerprint density at radius 1 is 1.15 bits per heavy atom. The number of allylic oxidation sites excluding steroid dienone is 8. The lowest BCUT2D eigenvalue weighted by Crippen LogP contribution is -2.38. The molecule has 1 fully saturated rings. The number of piperidine rings is 1. The molecule has 1 unspecified atom stereocenters. The lowest BCUT2D eigenvalue weighted by atomic mass is 9.91. The second kappa shape index (κ2) is 13.3. The van der Waals surface area contributed by atoms with Crippen LogP contribution >= 0.6 is 11.6 Å². The number of aromatic nitrogens is 2. The lowest BCUT2D eigenvalue weighted by Gasteiger charge is -2.32.